The molecule has 0 saturated carbocycles. The predicted molar refractivity (Wildman–Crippen MR) is 102 cm³/mol. The van der Waals surface area contributed by atoms with Crippen molar-refractivity contribution in [2.75, 3.05) is 7.11 Å². The van der Waals surface area contributed by atoms with Crippen LogP contribution in [0.5, 0.6) is 5.75 Å². The summed E-state index contributed by atoms with van der Waals surface area (Å²) >= 11 is 0. The van der Waals surface area contributed by atoms with Crippen molar-refractivity contribution in [1.82, 2.24) is 5.32 Å². The molecule has 2 aromatic carbocycles. The van der Waals surface area contributed by atoms with Gasteiger partial charge in [-0.25, -0.2) is 0 Å². The third kappa shape index (κ3) is 3.48. The molecule has 1 heterocycles. The number of rotatable bonds is 3. The number of allylic oxidation sites excluding steroid dienone is 1. The Morgan fingerprint density at radius 2 is 1.96 bits per heavy atom. The van der Waals surface area contributed by atoms with Gasteiger partial charge in [0.15, 0.2) is 5.78 Å². The van der Waals surface area contributed by atoms with Crippen LogP contribution in [0.25, 0.3) is 5.70 Å². The number of ketones is 1. The first-order chi connectivity index (χ1) is 12.3. The van der Waals surface area contributed by atoms with E-state index in [4.69, 9.17) is 10.00 Å². The van der Waals surface area contributed by atoms with Crippen LogP contribution in [0, 0.1) is 18.3 Å². The van der Waals surface area contributed by atoms with Crippen LogP contribution in [-0.2, 0) is 6.42 Å². The van der Waals surface area contributed by atoms with Crippen molar-refractivity contribution in [2.45, 2.75) is 32.7 Å². The Labute approximate surface area is 154 Å². The fourth-order valence-corrected chi connectivity index (χ4v) is 3.33. The highest BCUT2D eigenvalue weighted by Gasteiger charge is 2.29. The fraction of sp³-hybridized carbons (Fsp3) is 0.273. The minimum Gasteiger partial charge on any atom is -0.497 e. The fourth-order valence-electron chi connectivity index (χ4n) is 3.33. The van der Waals surface area contributed by atoms with Gasteiger partial charge in [0.1, 0.15) is 5.75 Å². The maximum atomic E-state index is 12.7. The molecule has 1 aliphatic rings. The molecule has 3 rings (SSSR count). The molecule has 0 fully saturated rings. The number of carbonyl (C=O) groups is 1. The monoisotopic (exact) mass is 346 g/mol. The van der Waals surface area contributed by atoms with E-state index in [2.05, 4.69) is 32.2 Å². The quantitative estimate of drug-likeness (QED) is 0.673. The third-order valence-electron chi connectivity index (χ3n) is 4.64. The van der Waals surface area contributed by atoms with Gasteiger partial charge in [0.25, 0.3) is 0 Å². The van der Waals surface area contributed by atoms with Gasteiger partial charge in [0, 0.05) is 28.4 Å². The average Bonchev–Trinajstić information content (AvgIpc) is 2.61. The number of hydrogen-bond acceptors (Lipinski definition) is 4. The highest BCUT2D eigenvalue weighted by atomic mass is 16.5. The number of nitrogens with zero attached hydrogens (tertiary/aromatic N) is 1. The number of nitriles is 1. The molecule has 132 valence electrons. The first kappa shape index (κ1) is 17.8. The predicted octanol–water partition coefficient (Wildman–Crippen LogP) is 4.02. The van der Waals surface area contributed by atoms with Gasteiger partial charge >= 0.3 is 0 Å². The Hall–Kier alpha value is -3.06. The Morgan fingerprint density at radius 3 is 2.58 bits per heavy atom. The smallest absolute Gasteiger partial charge is 0.187 e. The van der Waals surface area contributed by atoms with E-state index in [0.29, 0.717) is 11.1 Å². The molecule has 0 bridgehead atoms. The second-order valence-electron chi connectivity index (χ2n) is 7.27. The zero-order chi connectivity index (χ0) is 18.9. The number of carbonyl (C=O) groups excluding carboxylic acids is 1. The van der Waals surface area contributed by atoms with E-state index in [1.165, 1.54) is 5.56 Å². The average molecular weight is 346 g/mol. The van der Waals surface area contributed by atoms with E-state index in [1.807, 2.05) is 12.1 Å². The number of benzene rings is 2. The van der Waals surface area contributed by atoms with E-state index in [1.54, 1.807) is 37.5 Å². The van der Waals surface area contributed by atoms with E-state index in [0.717, 1.165) is 29.0 Å². The molecule has 0 atom stereocenters. The molecule has 1 aliphatic heterocycles. The zero-order valence-electron chi connectivity index (χ0n) is 15.5. The Bertz CT molecular complexity index is 932. The van der Waals surface area contributed by atoms with Crippen molar-refractivity contribution in [3.05, 3.63) is 70.3 Å². The standard InChI is InChI=1S/C22H22N2O2/c1-14-9-17(26-4)10-18-19(14)12-22(2,3)24-20(18)11-21(25)16-7-5-15(13-23)6-8-16/h5-11,24H,12H2,1-4H3/b20-11-. The second-order valence-corrected chi connectivity index (χ2v) is 7.27. The Morgan fingerprint density at radius 1 is 1.27 bits per heavy atom. The van der Waals surface area contributed by atoms with Crippen molar-refractivity contribution in [3.63, 3.8) is 0 Å². The van der Waals surface area contributed by atoms with Crippen molar-refractivity contribution < 1.29 is 9.53 Å². The van der Waals surface area contributed by atoms with Gasteiger partial charge in [-0.05, 0) is 74.7 Å². The zero-order valence-corrected chi connectivity index (χ0v) is 15.5. The molecule has 4 heteroatoms. The van der Waals surface area contributed by atoms with Crippen LogP contribution in [-0.4, -0.2) is 18.4 Å². The molecule has 0 aromatic heterocycles. The molecule has 26 heavy (non-hydrogen) atoms. The summed E-state index contributed by atoms with van der Waals surface area (Å²) in [5.74, 6) is 0.681. The SMILES string of the molecule is COc1cc(C)c2c(c1)/C(=C/C(=O)c1ccc(C#N)cc1)NC(C)(C)C2. The largest absolute Gasteiger partial charge is 0.497 e. The number of methoxy groups -OCH3 is 1. The summed E-state index contributed by atoms with van der Waals surface area (Å²) in [7, 11) is 1.65. The lowest BCUT2D eigenvalue weighted by Gasteiger charge is -2.36. The summed E-state index contributed by atoms with van der Waals surface area (Å²) < 4.78 is 5.41. The summed E-state index contributed by atoms with van der Waals surface area (Å²) in [6, 6.07) is 12.8. The Kier molecular flexibility index (Phi) is 4.56. The minimum absolute atomic E-state index is 0.0962. The molecular formula is C22H22N2O2. The molecule has 0 radical (unpaired) electrons. The summed E-state index contributed by atoms with van der Waals surface area (Å²) in [6.45, 7) is 6.32. The molecular weight excluding hydrogens is 324 g/mol. The van der Waals surface area contributed by atoms with Gasteiger partial charge in [-0.15, -0.1) is 0 Å². The van der Waals surface area contributed by atoms with Crippen molar-refractivity contribution in [2.24, 2.45) is 0 Å². The molecule has 0 unspecified atom stereocenters. The maximum absolute atomic E-state index is 12.7. The van der Waals surface area contributed by atoms with E-state index in [9.17, 15) is 4.79 Å². The normalized spacial score (nSPS) is 16.3. The lowest BCUT2D eigenvalue weighted by molar-refractivity contribution is 0.104. The van der Waals surface area contributed by atoms with Crippen molar-refractivity contribution in [1.29, 1.82) is 5.26 Å². The topological polar surface area (TPSA) is 62.1 Å². The molecule has 4 nitrogen and oxygen atoms in total. The number of aryl methyl sites for hydroxylation is 1. The highest BCUT2D eigenvalue weighted by molar-refractivity contribution is 6.08. The van der Waals surface area contributed by atoms with Gasteiger partial charge in [-0.2, -0.15) is 5.26 Å². The van der Waals surface area contributed by atoms with Gasteiger partial charge in [-0.3, -0.25) is 4.79 Å². The molecule has 2 aromatic rings. The van der Waals surface area contributed by atoms with E-state index < -0.39 is 0 Å². The second kappa shape index (κ2) is 6.68. The first-order valence-corrected chi connectivity index (χ1v) is 8.55. The summed E-state index contributed by atoms with van der Waals surface area (Å²) in [5, 5.41) is 12.4. The van der Waals surface area contributed by atoms with Crippen LogP contribution in [0.2, 0.25) is 0 Å². The summed E-state index contributed by atoms with van der Waals surface area (Å²) in [4.78, 5) is 12.7. The van der Waals surface area contributed by atoms with Crippen LogP contribution < -0.4 is 10.1 Å². The van der Waals surface area contributed by atoms with Gasteiger partial charge in [0.05, 0.1) is 18.7 Å². The first-order valence-electron chi connectivity index (χ1n) is 8.55. The third-order valence-corrected chi connectivity index (χ3v) is 4.64. The van der Waals surface area contributed by atoms with E-state index >= 15 is 0 Å². The van der Waals surface area contributed by atoms with E-state index in [-0.39, 0.29) is 11.3 Å². The lowest BCUT2D eigenvalue weighted by Crippen LogP contribution is -2.44. The van der Waals surface area contributed by atoms with Crippen molar-refractivity contribution >= 4 is 11.5 Å². The number of ether oxygens (including phenoxy) is 1. The molecule has 0 saturated heterocycles. The number of hydrogen-bond donors (Lipinski definition) is 1. The van der Waals surface area contributed by atoms with Crippen LogP contribution in [0.15, 0.2) is 42.5 Å². The molecule has 0 spiro atoms. The maximum Gasteiger partial charge on any atom is 0.187 e. The highest BCUT2D eigenvalue weighted by Crippen LogP contribution is 2.34. The lowest BCUT2D eigenvalue weighted by atomic mass is 9.83. The van der Waals surface area contributed by atoms with Crippen molar-refractivity contribution in [3.8, 4) is 11.8 Å². The minimum atomic E-state index is -0.150. The summed E-state index contributed by atoms with van der Waals surface area (Å²) in [6.07, 6.45) is 2.51. The van der Waals surface area contributed by atoms with Crippen LogP contribution in [0.4, 0.5) is 0 Å². The van der Waals surface area contributed by atoms with Crippen LogP contribution in [0.3, 0.4) is 0 Å². The van der Waals surface area contributed by atoms with Crippen LogP contribution in [0.1, 0.15) is 46.5 Å². The van der Waals surface area contributed by atoms with Gasteiger partial charge < -0.3 is 10.1 Å². The summed E-state index contributed by atoms with van der Waals surface area (Å²) in [5.41, 5.74) is 5.14. The van der Waals surface area contributed by atoms with Crippen LogP contribution >= 0.6 is 0 Å². The Balaban J connectivity index is 2.06. The molecule has 0 amide bonds. The van der Waals surface area contributed by atoms with Gasteiger partial charge in [-0.1, -0.05) is 0 Å². The van der Waals surface area contributed by atoms with Gasteiger partial charge in [0.2, 0.25) is 0 Å². The molecule has 1 N–H and O–H groups in total. The number of nitrogens with one attached hydrogen (secondary N) is 1. The molecule has 0 aliphatic carbocycles. The number of fused-ring (bicyclic) bond motifs is 1.